The van der Waals surface area contributed by atoms with E-state index in [1.54, 1.807) is 0 Å². The summed E-state index contributed by atoms with van der Waals surface area (Å²) < 4.78 is 0. The highest BCUT2D eigenvalue weighted by Crippen LogP contribution is 2.45. The molecule has 120 valence electrons. The summed E-state index contributed by atoms with van der Waals surface area (Å²) in [5.74, 6) is 0.324. The van der Waals surface area contributed by atoms with Gasteiger partial charge in [0.15, 0.2) is 0 Å². The van der Waals surface area contributed by atoms with Crippen molar-refractivity contribution in [2.24, 2.45) is 5.92 Å². The number of hydrogen-bond donors (Lipinski definition) is 1. The molecule has 2 aliphatic rings. The van der Waals surface area contributed by atoms with Gasteiger partial charge in [-0.2, -0.15) is 0 Å². The highest BCUT2D eigenvalue weighted by Gasteiger charge is 2.57. The Morgan fingerprint density at radius 3 is 2.05 bits per heavy atom. The zero-order chi connectivity index (χ0) is 15.8. The van der Waals surface area contributed by atoms with E-state index in [0.717, 1.165) is 25.7 Å². The maximum Gasteiger partial charge on any atom is 0.249 e. The monoisotopic (exact) mass is 294 g/mol. The number of rotatable bonds is 5. The molecule has 1 atom stereocenters. The van der Waals surface area contributed by atoms with Gasteiger partial charge in [0.05, 0.1) is 0 Å². The van der Waals surface area contributed by atoms with E-state index in [0.29, 0.717) is 12.8 Å². The molecule has 1 unspecified atom stereocenters. The lowest BCUT2D eigenvalue weighted by atomic mass is 9.69. The largest absolute Gasteiger partial charge is 0.340 e. The van der Waals surface area contributed by atoms with Crippen LogP contribution in [0.15, 0.2) is 0 Å². The highest BCUT2D eigenvalue weighted by molar-refractivity contribution is 6.00. The third-order valence-electron chi connectivity index (χ3n) is 5.83. The summed E-state index contributed by atoms with van der Waals surface area (Å²) in [4.78, 5) is 28.0. The van der Waals surface area contributed by atoms with Crippen molar-refractivity contribution in [2.45, 2.75) is 90.3 Å². The van der Waals surface area contributed by atoms with Crippen molar-refractivity contribution in [3.63, 3.8) is 0 Å². The number of amides is 2. The average Bonchev–Trinajstić information content (AvgIpc) is 2.41. The van der Waals surface area contributed by atoms with Crippen LogP contribution in [0.1, 0.15) is 73.1 Å². The molecule has 21 heavy (non-hydrogen) atoms. The second kappa shape index (κ2) is 5.62. The molecule has 2 rings (SSSR count). The molecule has 0 radical (unpaired) electrons. The highest BCUT2D eigenvalue weighted by atomic mass is 16.2. The van der Waals surface area contributed by atoms with Crippen molar-refractivity contribution in [3.8, 4) is 0 Å². The number of piperazine rings is 1. The van der Waals surface area contributed by atoms with E-state index in [9.17, 15) is 9.59 Å². The summed E-state index contributed by atoms with van der Waals surface area (Å²) in [6, 6.07) is -0.316. The molecule has 0 spiro atoms. The van der Waals surface area contributed by atoms with Crippen LogP contribution < -0.4 is 5.32 Å². The van der Waals surface area contributed by atoms with Gasteiger partial charge in [-0.15, -0.1) is 0 Å². The molecule has 1 aliphatic heterocycles. The first-order valence-electron chi connectivity index (χ1n) is 8.53. The Bertz CT molecular complexity index is 417. The van der Waals surface area contributed by atoms with Gasteiger partial charge in [-0.05, 0) is 44.4 Å². The predicted octanol–water partition coefficient (Wildman–Crippen LogP) is 2.86. The van der Waals surface area contributed by atoms with Crippen LogP contribution in [-0.4, -0.2) is 33.8 Å². The summed E-state index contributed by atoms with van der Waals surface area (Å²) in [5.41, 5.74) is -0.778. The molecule has 0 aromatic rings. The Morgan fingerprint density at radius 1 is 1.14 bits per heavy atom. The summed E-state index contributed by atoms with van der Waals surface area (Å²) in [5, 5.41) is 3.05. The lowest BCUT2D eigenvalue weighted by Crippen LogP contribution is -2.76. The predicted molar refractivity (Wildman–Crippen MR) is 83.8 cm³/mol. The van der Waals surface area contributed by atoms with Gasteiger partial charge in [0.2, 0.25) is 11.8 Å². The smallest absolute Gasteiger partial charge is 0.249 e. The molecule has 2 amide bonds. The Hall–Kier alpha value is -1.06. The van der Waals surface area contributed by atoms with E-state index < -0.39 is 5.54 Å². The summed E-state index contributed by atoms with van der Waals surface area (Å²) in [6.45, 7) is 10.2. The third kappa shape index (κ3) is 2.27. The van der Waals surface area contributed by atoms with Gasteiger partial charge in [-0.3, -0.25) is 9.59 Å². The van der Waals surface area contributed by atoms with Gasteiger partial charge >= 0.3 is 0 Å². The molecule has 1 aliphatic carbocycles. The fraction of sp³-hybridized carbons (Fsp3) is 0.882. The van der Waals surface area contributed by atoms with Crippen molar-refractivity contribution >= 4 is 11.8 Å². The zero-order valence-electron chi connectivity index (χ0n) is 14.2. The lowest BCUT2D eigenvalue weighted by molar-refractivity contribution is -0.171. The van der Waals surface area contributed by atoms with Crippen molar-refractivity contribution in [1.82, 2.24) is 10.2 Å². The van der Waals surface area contributed by atoms with Crippen LogP contribution in [0.5, 0.6) is 0 Å². The minimum Gasteiger partial charge on any atom is -0.340 e. The lowest BCUT2D eigenvalue weighted by Gasteiger charge is -2.58. The van der Waals surface area contributed by atoms with Gasteiger partial charge in [-0.25, -0.2) is 0 Å². The average molecular weight is 294 g/mol. The van der Waals surface area contributed by atoms with E-state index in [4.69, 9.17) is 0 Å². The molecule has 0 aromatic heterocycles. The minimum absolute atomic E-state index is 0.0352. The van der Waals surface area contributed by atoms with Gasteiger partial charge in [0.1, 0.15) is 11.6 Å². The van der Waals surface area contributed by atoms with Crippen LogP contribution in [0, 0.1) is 5.92 Å². The quantitative estimate of drug-likeness (QED) is 0.847. The normalized spacial score (nSPS) is 27.5. The molecule has 1 heterocycles. The van der Waals surface area contributed by atoms with Crippen LogP contribution in [-0.2, 0) is 9.59 Å². The number of carbonyl (C=O) groups is 2. The van der Waals surface area contributed by atoms with Crippen molar-refractivity contribution < 1.29 is 9.59 Å². The fourth-order valence-electron chi connectivity index (χ4n) is 4.03. The van der Waals surface area contributed by atoms with Crippen molar-refractivity contribution in [2.75, 3.05) is 0 Å². The number of carbonyl (C=O) groups excluding carboxylic acids is 2. The second-order valence-electron chi connectivity index (χ2n) is 7.07. The number of hydrogen-bond acceptors (Lipinski definition) is 2. The van der Waals surface area contributed by atoms with Crippen LogP contribution in [0.25, 0.3) is 0 Å². The maximum atomic E-state index is 13.3. The molecule has 2 fully saturated rings. The van der Waals surface area contributed by atoms with E-state index in [2.05, 4.69) is 12.2 Å². The molecule has 1 N–H and O–H groups in total. The van der Waals surface area contributed by atoms with Crippen LogP contribution in [0.2, 0.25) is 0 Å². The Morgan fingerprint density at radius 2 is 1.71 bits per heavy atom. The van der Waals surface area contributed by atoms with Crippen LogP contribution >= 0.6 is 0 Å². The zero-order valence-corrected chi connectivity index (χ0v) is 14.2. The van der Waals surface area contributed by atoms with Gasteiger partial charge in [0.25, 0.3) is 0 Å². The summed E-state index contributed by atoms with van der Waals surface area (Å²) in [6.07, 6.45) is 5.50. The molecule has 1 saturated carbocycles. The summed E-state index contributed by atoms with van der Waals surface area (Å²) in [7, 11) is 0. The van der Waals surface area contributed by atoms with Crippen molar-refractivity contribution in [3.05, 3.63) is 0 Å². The SMILES string of the molecule is CCC1(CC)NC(=O)C(C(C)C)N(C2(CC)CCC2)C1=O. The fourth-order valence-corrected chi connectivity index (χ4v) is 4.03. The second-order valence-corrected chi connectivity index (χ2v) is 7.07. The molecule has 4 heteroatoms. The summed E-state index contributed by atoms with van der Waals surface area (Å²) >= 11 is 0. The number of nitrogens with zero attached hydrogens (tertiary/aromatic N) is 1. The number of nitrogens with one attached hydrogen (secondary N) is 1. The minimum atomic E-state index is -0.694. The first-order valence-corrected chi connectivity index (χ1v) is 8.53. The standard InChI is InChI=1S/C17H30N2O2/c1-6-16(10-9-11-16)19-13(12(4)5)14(20)18-17(7-2,8-3)15(19)21/h12-13H,6-11H2,1-5H3,(H,18,20). The third-order valence-corrected chi connectivity index (χ3v) is 5.83. The Labute approximate surface area is 128 Å². The molecular formula is C17H30N2O2. The maximum absolute atomic E-state index is 13.3. The Kier molecular flexibility index (Phi) is 4.36. The van der Waals surface area contributed by atoms with E-state index >= 15 is 0 Å². The van der Waals surface area contributed by atoms with E-state index in [1.807, 2.05) is 32.6 Å². The van der Waals surface area contributed by atoms with Gasteiger partial charge < -0.3 is 10.2 Å². The Balaban J connectivity index is 2.47. The first kappa shape index (κ1) is 16.3. The van der Waals surface area contributed by atoms with Gasteiger partial charge in [-0.1, -0.05) is 34.6 Å². The molecule has 0 aromatic carbocycles. The molecule has 4 nitrogen and oxygen atoms in total. The van der Waals surface area contributed by atoms with Gasteiger partial charge in [0, 0.05) is 5.54 Å². The van der Waals surface area contributed by atoms with Crippen molar-refractivity contribution in [1.29, 1.82) is 0 Å². The van der Waals surface area contributed by atoms with E-state index in [-0.39, 0.29) is 29.3 Å². The molecule has 1 saturated heterocycles. The molecular weight excluding hydrogens is 264 g/mol. The van der Waals surface area contributed by atoms with E-state index in [1.165, 1.54) is 0 Å². The first-order chi connectivity index (χ1) is 9.87. The molecule has 0 bridgehead atoms. The van der Waals surface area contributed by atoms with Crippen LogP contribution in [0.4, 0.5) is 0 Å². The topological polar surface area (TPSA) is 49.4 Å². The van der Waals surface area contributed by atoms with Crippen LogP contribution in [0.3, 0.4) is 0 Å².